The number of halogens is 1. The second-order valence-corrected chi connectivity index (χ2v) is 7.99. The Labute approximate surface area is 158 Å². The zero-order valence-electron chi connectivity index (χ0n) is 14.6. The van der Waals surface area contributed by atoms with Crippen LogP contribution in [0.2, 0.25) is 0 Å². The van der Waals surface area contributed by atoms with E-state index < -0.39 is 28.1 Å². The third-order valence-corrected chi connectivity index (χ3v) is 4.39. The van der Waals surface area contributed by atoms with Gasteiger partial charge >= 0.3 is 12.1 Å². The van der Waals surface area contributed by atoms with Crippen LogP contribution in [0.3, 0.4) is 0 Å². The van der Waals surface area contributed by atoms with Crippen LogP contribution < -0.4 is 10.2 Å². The predicted molar refractivity (Wildman–Crippen MR) is 97.4 cm³/mol. The first-order chi connectivity index (χ1) is 11.9. The molecule has 1 unspecified atom stereocenters. The van der Waals surface area contributed by atoms with Crippen molar-refractivity contribution in [3.63, 3.8) is 0 Å². The van der Waals surface area contributed by atoms with Gasteiger partial charge in [0.2, 0.25) is 0 Å². The summed E-state index contributed by atoms with van der Waals surface area (Å²) in [5.74, 6) is -1.22. The van der Waals surface area contributed by atoms with Gasteiger partial charge in [0, 0.05) is 23.5 Å². The maximum absolute atomic E-state index is 12.1. The van der Waals surface area contributed by atoms with Gasteiger partial charge in [0.15, 0.2) is 5.54 Å². The van der Waals surface area contributed by atoms with Crippen LogP contribution in [0.5, 0.6) is 0 Å². The van der Waals surface area contributed by atoms with Gasteiger partial charge in [-0.2, -0.15) is 0 Å². The van der Waals surface area contributed by atoms with Gasteiger partial charge in [-0.15, -0.1) is 0 Å². The van der Waals surface area contributed by atoms with Gasteiger partial charge in [-0.3, -0.25) is 10.1 Å². The molecule has 1 aromatic carbocycles. The van der Waals surface area contributed by atoms with Crippen LogP contribution >= 0.6 is 15.9 Å². The van der Waals surface area contributed by atoms with Crippen LogP contribution in [-0.4, -0.2) is 46.3 Å². The first kappa shape index (κ1) is 20.0. The molecule has 26 heavy (non-hydrogen) atoms. The van der Waals surface area contributed by atoms with E-state index in [-0.39, 0.29) is 25.2 Å². The average Bonchev–Trinajstić information content (AvgIpc) is 2.90. The van der Waals surface area contributed by atoms with E-state index in [1.165, 1.54) is 6.07 Å². The zero-order valence-corrected chi connectivity index (χ0v) is 16.2. The Hall–Kier alpha value is -2.36. The summed E-state index contributed by atoms with van der Waals surface area (Å²) in [6.45, 7) is 5.14. The van der Waals surface area contributed by atoms with Crippen molar-refractivity contribution < 1.29 is 24.4 Å². The molecule has 1 aliphatic heterocycles. The predicted octanol–water partition coefficient (Wildman–Crippen LogP) is 2.92. The number of rotatable bonds is 4. The number of nitrogens with zero attached hydrogens (tertiary/aromatic N) is 2. The Morgan fingerprint density at radius 2 is 2.08 bits per heavy atom. The van der Waals surface area contributed by atoms with Crippen molar-refractivity contribution in [1.29, 1.82) is 0 Å². The van der Waals surface area contributed by atoms with Gasteiger partial charge in [-0.05, 0) is 32.9 Å². The standard InChI is InChI=1S/C16H20BrN3O6/c1-15(2,3)26-14(23)18-16(13(21)22)6-7-19(9-16)12-8-10(17)4-5-11(12)20(24)25/h4-5,8H,6-7,9H2,1-3H3,(H,18,23)(H,21,22). The van der Waals surface area contributed by atoms with E-state index in [9.17, 15) is 24.8 Å². The maximum atomic E-state index is 12.1. The molecular formula is C16H20BrN3O6. The number of hydrogen-bond acceptors (Lipinski definition) is 6. The monoisotopic (exact) mass is 429 g/mol. The lowest BCUT2D eigenvalue weighted by Gasteiger charge is -2.28. The number of carbonyl (C=O) groups is 2. The maximum Gasteiger partial charge on any atom is 0.408 e. The van der Waals surface area contributed by atoms with Crippen LogP contribution in [-0.2, 0) is 9.53 Å². The fourth-order valence-corrected chi connectivity index (χ4v) is 3.10. The third kappa shape index (κ3) is 4.43. The topological polar surface area (TPSA) is 122 Å². The number of alkyl carbamates (subject to hydrolysis) is 1. The van der Waals surface area contributed by atoms with Gasteiger partial charge in [0.1, 0.15) is 11.3 Å². The fourth-order valence-electron chi connectivity index (χ4n) is 2.75. The molecular weight excluding hydrogens is 410 g/mol. The number of nitrogens with one attached hydrogen (secondary N) is 1. The molecule has 2 rings (SSSR count). The number of carbonyl (C=O) groups excluding carboxylic acids is 1. The second-order valence-electron chi connectivity index (χ2n) is 7.08. The smallest absolute Gasteiger partial charge is 0.408 e. The van der Waals surface area contributed by atoms with Gasteiger partial charge in [-0.25, -0.2) is 9.59 Å². The summed E-state index contributed by atoms with van der Waals surface area (Å²) in [4.78, 5) is 36.2. The molecule has 1 fully saturated rings. The summed E-state index contributed by atoms with van der Waals surface area (Å²) in [7, 11) is 0. The normalized spacial score (nSPS) is 19.9. The Kier molecular flexibility index (Phi) is 5.45. The third-order valence-electron chi connectivity index (χ3n) is 3.89. The minimum absolute atomic E-state index is 0.0885. The fraction of sp³-hybridized carbons (Fsp3) is 0.500. The molecule has 9 nitrogen and oxygen atoms in total. The minimum atomic E-state index is -1.58. The molecule has 1 heterocycles. The van der Waals surface area contributed by atoms with E-state index >= 15 is 0 Å². The van der Waals surface area contributed by atoms with Crippen LogP contribution in [0.25, 0.3) is 0 Å². The first-order valence-corrected chi connectivity index (χ1v) is 8.66. The lowest BCUT2D eigenvalue weighted by atomic mass is 9.99. The summed E-state index contributed by atoms with van der Waals surface area (Å²) in [6.07, 6.45) is -0.754. The molecule has 10 heteroatoms. The van der Waals surface area contributed by atoms with E-state index in [1.54, 1.807) is 37.8 Å². The van der Waals surface area contributed by atoms with Gasteiger partial charge in [0.25, 0.3) is 5.69 Å². The van der Waals surface area contributed by atoms with E-state index in [2.05, 4.69) is 21.2 Å². The van der Waals surface area contributed by atoms with Crippen molar-refractivity contribution >= 4 is 39.4 Å². The van der Waals surface area contributed by atoms with Crippen LogP contribution in [0.1, 0.15) is 27.2 Å². The number of nitro groups is 1. The molecule has 0 radical (unpaired) electrons. The summed E-state index contributed by atoms with van der Waals surface area (Å²) >= 11 is 3.27. The Morgan fingerprint density at radius 1 is 1.42 bits per heavy atom. The molecule has 0 bridgehead atoms. The van der Waals surface area contributed by atoms with E-state index in [0.29, 0.717) is 10.2 Å². The Morgan fingerprint density at radius 3 is 2.62 bits per heavy atom. The molecule has 142 valence electrons. The summed E-state index contributed by atoms with van der Waals surface area (Å²) in [5.41, 5.74) is -2.20. The highest BCUT2D eigenvalue weighted by Crippen LogP contribution is 2.36. The first-order valence-electron chi connectivity index (χ1n) is 7.87. The van der Waals surface area contributed by atoms with Gasteiger partial charge < -0.3 is 20.1 Å². The van der Waals surface area contributed by atoms with Gasteiger partial charge in [-0.1, -0.05) is 15.9 Å². The largest absolute Gasteiger partial charge is 0.479 e. The summed E-state index contributed by atoms with van der Waals surface area (Å²) in [6, 6.07) is 4.45. The number of hydrogen-bond donors (Lipinski definition) is 2. The quantitative estimate of drug-likeness (QED) is 0.556. The molecule has 2 N–H and O–H groups in total. The number of ether oxygens (including phenoxy) is 1. The van der Waals surface area contributed by atoms with Crippen LogP contribution in [0, 0.1) is 10.1 Å². The van der Waals surface area contributed by atoms with Crippen LogP contribution in [0.4, 0.5) is 16.2 Å². The summed E-state index contributed by atoms with van der Waals surface area (Å²) in [5, 5.41) is 23.4. The molecule has 0 aliphatic carbocycles. The average molecular weight is 430 g/mol. The lowest BCUT2D eigenvalue weighted by Crippen LogP contribution is -2.57. The molecule has 0 saturated carbocycles. The second kappa shape index (κ2) is 7.10. The Bertz CT molecular complexity index is 748. The molecule has 1 saturated heterocycles. The van der Waals surface area contributed by atoms with Crippen molar-refractivity contribution in [3.05, 3.63) is 32.8 Å². The highest BCUT2D eigenvalue weighted by atomic mass is 79.9. The van der Waals surface area contributed by atoms with Gasteiger partial charge in [0.05, 0.1) is 11.5 Å². The van der Waals surface area contributed by atoms with E-state index in [1.807, 2.05) is 0 Å². The number of carboxylic acids is 1. The number of nitro benzene ring substituents is 1. The number of carboxylic acid groups (broad SMARTS) is 1. The number of amides is 1. The van der Waals surface area contributed by atoms with Crippen molar-refractivity contribution in [2.24, 2.45) is 0 Å². The molecule has 0 aromatic heterocycles. The highest BCUT2D eigenvalue weighted by molar-refractivity contribution is 9.10. The highest BCUT2D eigenvalue weighted by Gasteiger charge is 2.48. The number of benzene rings is 1. The SMILES string of the molecule is CC(C)(C)OC(=O)NC1(C(=O)O)CCN(c2cc(Br)ccc2[N+](=O)[O-])C1. The van der Waals surface area contributed by atoms with E-state index in [4.69, 9.17) is 4.74 Å². The molecule has 1 atom stereocenters. The molecule has 1 aliphatic rings. The molecule has 1 aromatic rings. The molecule has 0 spiro atoms. The van der Waals surface area contributed by atoms with Crippen molar-refractivity contribution in [2.45, 2.75) is 38.3 Å². The van der Waals surface area contributed by atoms with Crippen LogP contribution in [0.15, 0.2) is 22.7 Å². The van der Waals surface area contributed by atoms with Crippen molar-refractivity contribution in [2.75, 3.05) is 18.0 Å². The minimum Gasteiger partial charge on any atom is -0.479 e. The van der Waals surface area contributed by atoms with Crippen molar-refractivity contribution in [3.8, 4) is 0 Å². The number of anilines is 1. The van der Waals surface area contributed by atoms with Crippen molar-refractivity contribution in [1.82, 2.24) is 5.32 Å². The number of aliphatic carboxylic acids is 1. The zero-order chi connectivity index (χ0) is 19.7. The molecule has 1 amide bonds. The van der Waals surface area contributed by atoms with E-state index in [0.717, 1.165) is 0 Å². The lowest BCUT2D eigenvalue weighted by molar-refractivity contribution is -0.384. The Balaban J connectivity index is 2.28. The summed E-state index contributed by atoms with van der Waals surface area (Å²) < 4.78 is 5.78.